The summed E-state index contributed by atoms with van der Waals surface area (Å²) in [6.07, 6.45) is 0.155. The Hall–Kier alpha value is -2.12. The minimum Gasteiger partial charge on any atom is -0.481 e. The largest absolute Gasteiger partial charge is 0.481 e. The van der Waals surface area contributed by atoms with Gasteiger partial charge in [-0.05, 0) is 24.6 Å². The molecule has 1 unspecified atom stereocenters. The van der Waals surface area contributed by atoms with Crippen LogP contribution in [0.25, 0.3) is 10.9 Å². The molecule has 1 amide bonds. The number of amides is 1. The molecule has 2 heterocycles. The molecule has 0 aliphatic carbocycles. The van der Waals surface area contributed by atoms with E-state index in [9.17, 15) is 14.0 Å². The third kappa shape index (κ3) is 3.02. The molecule has 0 saturated carbocycles. The molecule has 3 N–H and O–H groups in total. The Balaban J connectivity index is 1.91. The van der Waals surface area contributed by atoms with Gasteiger partial charge in [0, 0.05) is 17.5 Å². The summed E-state index contributed by atoms with van der Waals surface area (Å²) in [6.45, 7) is 0.497. The molecule has 23 heavy (non-hydrogen) atoms. The fourth-order valence-electron chi connectivity index (χ4n) is 2.77. The molecular weight excluding hydrogens is 327 g/mol. The lowest BCUT2D eigenvalue weighted by Gasteiger charge is -2.26. The summed E-state index contributed by atoms with van der Waals surface area (Å²) < 4.78 is 18.5. The van der Waals surface area contributed by atoms with Gasteiger partial charge in [-0.3, -0.25) is 9.59 Å². The van der Waals surface area contributed by atoms with Crippen molar-refractivity contribution in [3.05, 3.63) is 34.7 Å². The molecule has 1 aliphatic rings. The van der Waals surface area contributed by atoms with Crippen LogP contribution < -0.4 is 5.32 Å². The molecule has 1 saturated heterocycles. The predicted octanol–water partition coefficient (Wildman–Crippen LogP) is 2.32. The third-order valence-corrected chi connectivity index (χ3v) is 4.29. The Bertz CT molecular complexity index is 783. The summed E-state index contributed by atoms with van der Waals surface area (Å²) >= 11 is 6.15. The Morgan fingerprint density at radius 1 is 1.48 bits per heavy atom. The highest BCUT2D eigenvalue weighted by molar-refractivity contribution is 6.38. The van der Waals surface area contributed by atoms with Crippen molar-refractivity contribution in [2.75, 3.05) is 13.2 Å². The van der Waals surface area contributed by atoms with Crippen LogP contribution in [0.4, 0.5) is 4.39 Å². The molecular formula is C15H14ClFN2O4. The summed E-state index contributed by atoms with van der Waals surface area (Å²) in [6, 6.07) is 3.98. The molecule has 1 atom stereocenters. The number of fused-ring (bicyclic) bond motifs is 1. The fourth-order valence-corrected chi connectivity index (χ4v) is 3.06. The van der Waals surface area contributed by atoms with Gasteiger partial charge in [0.2, 0.25) is 0 Å². The number of carboxylic acids is 1. The Morgan fingerprint density at radius 2 is 2.26 bits per heavy atom. The van der Waals surface area contributed by atoms with Gasteiger partial charge in [-0.2, -0.15) is 0 Å². The second kappa shape index (κ2) is 5.82. The number of carbonyl (C=O) groups is 2. The maximum atomic E-state index is 13.3. The number of carboxylic acid groups (broad SMARTS) is 1. The number of benzene rings is 1. The van der Waals surface area contributed by atoms with Crippen molar-refractivity contribution in [2.24, 2.45) is 0 Å². The maximum Gasteiger partial charge on any atom is 0.305 e. The van der Waals surface area contributed by atoms with E-state index in [1.165, 1.54) is 18.2 Å². The van der Waals surface area contributed by atoms with Crippen LogP contribution in [0.1, 0.15) is 23.3 Å². The van der Waals surface area contributed by atoms with Crippen LogP contribution in [0.5, 0.6) is 0 Å². The molecule has 122 valence electrons. The van der Waals surface area contributed by atoms with Crippen molar-refractivity contribution in [3.8, 4) is 0 Å². The first-order valence-corrected chi connectivity index (χ1v) is 7.37. The van der Waals surface area contributed by atoms with E-state index in [4.69, 9.17) is 21.4 Å². The first kappa shape index (κ1) is 15.8. The van der Waals surface area contributed by atoms with Gasteiger partial charge in [-0.15, -0.1) is 0 Å². The number of halogens is 2. The van der Waals surface area contributed by atoms with Gasteiger partial charge in [-0.25, -0.2) is 4.39 Å². The van der Waals surface area contributed by atoms with Crippen LogP contribution in [0.3, 0.4) is 0 Å². The number of ether oxygens (including phenoxy) is 1. The van der Waals surface area contributed by atoms with Crippen LogP contribution >= 0.6 is 11.6 Å². The summed E-state index contributed by atoms with van der Waals surface area (Å²) in [5.74, 6) is -2.03. The zero-order valence-corrected chi connectivity index (χ0v) is 12.7. The minimum absolute atomic E-state index is 0.0731. The van der Waals surface area contributed by atoms with E-state index < -0.39 is 23.2 Å². The van der Waals surface area contributed by atoms with E-state index in [1.807, 2.05) is 0 Å². The van der Waals surface area contributed by atoms with Gasteiger partial charge < -0.3 is 20.1 Å². The number of aromatic nitrogens is 1. The van der Waals surface area contributed by atoms with Gasteiger partial charge in [0.15, 0.2) is 0 Å². The fraction of sp³-hybridized carbons (Fsp3) is 0.333. The van der Waals surface area contributed by atoms with Crippen LogP contribution in [-0.2, 0) is 9.53 Å². The van der Waals surface area contributed by atoms with E-state index in [0.29, 0.717) is 23.9 Å². The molecule has 3 rings (SSSR count). The molecule has 8 heteroatoms. The first-order valence-electron chi connectivity index (χ1n) is 6.99. The molecule has 0 spiro atoms. The van der Waals surface area contributed by atoms with Crippen molar-refractivity contribution in [1.29, 1.82) is 0 Å². The second-order valence-electron chi connectivity index (χ2n) is 5.61. The lowest BCUT2D eigenvalue weighted by atomic mass is 9.94. The molecule has 1 aliphatic heterocycles. The van der Waals surface area contributed by atoms with E-state index in [0.717, 1.165) is 0 Å². The highest BCUT2D eigenvalue weighted by atomic mass is 35.5. The van der Waals surface area contributed by atoms with Crippen molar-refractivity contribution < 1.29 is 23.8 Å². The average molecular weight is 341 g/mol. The second-order valence-corrected chi connectivity index (χ2v) is 5.99. The molecule has 1 aromatic carbocycles. The Kier molecular flexibility index (Phi) is 3.99. The highest BCUT2D eigenvalue weighted by Crippen LogP contribution is 2.29. The van der Waals surface area contributed by atoms with Gasteiger partial charge in [0.05, 0.1) is 23.6 Å². The van der Waals surface area contributed by atoms with Crippen LogP contribution in [0.15, 0.2) is 18.2 Å². The Labute approximate surface area is 135 Å². The molecule has 6 nitrogen and oxygen atoms in total. The van der Waals surface area contributed by atoms with E-state index in [1.54, 1.807) is 0 Å². The van der Waals surface area contributed by atoms with Crippen LogP contribution in [0, 0.1) is 5.82 Å². The van der Waals surface area contributed by atoms with Gasteiger partial charge in [0.25, 0.3) is 5.91 Å². The number of H-pyrrole nitrogens is 1. The molecule has 0 bridgehead atoms. The normalized spacial score (nSPS) is 20.8. The number of carbonyl (C=O) groups excluding carboxylic acids is 1. The minimum atomic E-state index is -1.03. The number of nitrogens with one attached hydrogen (secondary N) is 2. The van der Waals surface area contributed by atoms with Crippen molar-refractivity contribution in [3.63, 3.8) is 0 Å². The third-order valence-electron chi connectivity index (χ3n) is 3.90. The number of aliphatic carboxylic acids is 1. The number of hydrogen-bond acceptors (Lipinski definition) is 3. The van der Waals surface area contributed by atoms with Gasteiger partial charge >= 0.3 is 5.97 Å². The molecule has 1 aromatic heterocycles. The van der Waals surface area contributed by atoms with E-state index in [2.05, 4.69) is 10.3 Å². The lowest BCUT2D eigenvalue weighted by molar-refractivity contribution is -0.138. The quantitative estimate of drug-likeness (QED) is 0.796. The summed E-state index contributed by atoms with van der Waals surface area (Å²) in [5, 5.41) is 12.2. The van der Waals surface area contributed by atoms with Gasteiger partial charge in [0.1, 0.15) is 11.5 Å². The lowest BCUT2D eigenvalue weighted by Crippen LogP contribution is -2.50. The maximum absolute atomic E-state index is 13.3. The smallest absolute Gasteiger partial charge is 0.305 e. The predicted molar refractivity (Wildman–Crippen MR) is 81.2 cm³/mol. The topological polar surface area (TPSA) is 91.4 Å². The standard InChI is InChI=1S/C15H14ClFN2O4/c16-12-9-5-8(17)1-2-10(9)18-13(12)14(22)19-15(6-11(20)21)3-4-23-7-15/h1-2,5,18H,3-4,6-7H2,(H,19,22)(H,20,21). The first-order chi connectivity index (χ1) is 10.9. The average Bonchev–Trinajstić information content (AvgIpc) is 3.04. The van der Waals surface area contributed by atoms with Crippen LogP contribution in [-0.4, -0.2) is 40.7 Å². The van der Waals surface area contributed by atoms with E-state index in [-0.39, 0.29) is 23.7 Å². The molecule has 0 radical (unpaired) electrons. The summed E-state index contributed by atoms with van der Waals surface area (Å²) in [5.41, 5.74) is -0.366. The molecule has 2 aromatic rings. The number of hydrogen-bond donors (Lipinski definition) is 3. The summed E-state index contributed by atoms with van der Waals surface area (Å²) in [4.78, 5) is 26.4. The number of aromatic amines is 1. The zero-order chi connectivity index (χ0) is 16.6. The SMILES string of the molecule is O=C(O)CC1(NC(=O)c2[nH]c3ccc(F)cc3c2Cl)CCOC1. The zero-order valence-electron chi connectivity index (χ0n) is 12.0. The van der Waals surface area contributed by atoms with Crippen molar-refractivity contribution in [2.45, 2.75) is 18.4 Å². The van der Waals surface area contributed by atoms with E-state index >= 15 is 0 Å². The monoisotopic (exact) mass is 340 g/mol. The van der Waals surface area contributed by atoms with Gasteiger partial charge in [-0.1, -0.05) is 11.6 Å². The van der Waals surface area contributed by atoms with Crippen molar-refractivity contribution >= 4 is 34.4 Å². The van der Waals surface area contributed by atoms with Crippen LogP contribution in [0.2, 0.25) is 5.02 Å². The van der Waals surface area contributed by atoms with Crippen molar-refractivity contribution in [1.82, 2.24) is 10.3 Å². The highest BCUT2D eigenvalue weighted by Gasteiger charge is 2.39. The summed E-state index contributed by atoms with van der Waals surface area (Å²) in [7, 11) is 0. The molecule has 1 fully saturated rings. The Morgan fingerprint density at radius 3 is 2.91 bits per heavy atom. The number of rotatable bonds is 4.